The quantitative estimate of drug-likeness (QED) is 0.616. The first-order valence-electron chi connectivity index (χ1n) is 9.32. The van der Waals surface area contributed by atoms with Crippen molar-refractivity contribution in [2.75, 3.05) is 23.7 Å². The molecule has 0 heterocycles. The lowest BCUT2D eigenvalue weighted by atomic mass is 10.1. The van der Waals surface area contributed by atoms with E-state index in [1.165, 1.54) is 0 Å². The van der Waals surface area contributed by atoms with Crippen molar-refractivity contribution in [1.29, 1.82) is 0 Å². The van der Waals surface area contributed by atoms with E-state index in [9.17, 15) is 13.2 Å². The summed E-state index contributed by atoms with van der Waals surface area (Å²) in [5, 5.41) is 5.01. The summed E-state index contributed by atoms with van der Waals surface area (Å²) in [5.74, 6) is 0.0256. The maximum atomic E-state index is 12.5. The van der Waals surface area contributed by atoms with Gasteiger partial charge in [-0.15, -0.1) is 0 Å². The molecule has 0 saturated heterocycles. The SMILES string of the molecule is CCOc1ccccc1N(CC(=O)NCc1ccc2ccccc2c1)S(C)(=O)=O. The smallest absolute Gasteiger partial charge is 0.241 e. The van der Waals surface area contributed by atoms with Crippen LogP contribution in [0.5, 0.6) is 5.75 Å². The van der Waals surface area contributed by atoms with Gasteiger partial charge in [-0.2, -0.15) is 0 Å². The standard InChI is InChI=1S/C22H24N2O4S/c1-3-28-21-11-7-6-10-20(21)24(29(2,26)27)16-22(25)23-15-17-12-13-18-8-4-5-9-19(18)14-17/h4-14H,3,15-16H2,1-2H3,(H,23,25). The van der Waals surface area contributed by atoms with Crippen LogP contribution < -0.4 is 14.4 Å². The van der Waals surface area contributed by atoms with E-state index in [0.717, 1.165) is 26.9 Å². The third-order valence-electron chi connectivity index (χ3n) is 4.42. The second-order valence-electron chi connectivity index (χ2n) is 6.63. The van der Waals surface area contributed by atoms with Gasteiger partial charge in [-0.25, -0.2) is 8.42 Å². The number of sulfonamides is 1. The Morgan fingerprint density at radius 3 is 2.41 bits per heavy atom. The van der Waals surface area contributed by atoms with Gasteiger partial charge in [0.25, 0.3) is 0 Å². The number of carbonyl (C=O) groups is 1. The molecule has 3 rings (SSSR count). The predicted molar refractivity (Wildman–Crippen MR) is 116 cm³/mol. The third kappa shape index (κ3) is 5.26. The van der Waals surface area contributed by atoms with Crippen LogP contribution in [0.4, 0.5) is 5.69 Å². The lowest BCUT2D eigenvalue weighted by molar-refractivity contribution is -0.119. The summed E-state index contributed by atoms with van der Waals surface area (Å²) in [6.07, 6.45) is 1.08. The summed E-state index contributed by atoms with van der Waals surface area (Å²) >= 11 is 0. The van der Waals surface area contributed by atoms with Crippen molar-refractivity contribution in [2.24, 2.45) is 0 Å². The van der Waals surface area contributed by atoms with E-state index >= 15 is 0 Å². The van der Waals surface area contributed by atoms with E-state index in [-0.39, 0.29) is 6.54 Å². The van der Waals surface area contributed by atoms with E-state index in [1.54, 1.807) is 24.3 Å². The molecule has 0 fully saturated rings. The van der Waals surface area contributed by atoms with Crippen molar-refractivity contribution in [3.05, 3.63) is 72.3 Å². The highest BCUT2D eigenvalue weighted by atomic mass is 32.2. The fraction of sp³-hybridized carbons (Fsp3) is 0.227. The molecule has 152 valence electrons. The molecule has 0 aromatic heterocycles. The number of anilines is 1. The fourth-order valence-corrected chi connectivity index (χ4v) is 3.92. The van der Waals surface area contributed by atoms with Gasteiger partial charge in [0.15, 0.2) is 0 Å². The summed E-state index contributed by atoms with van der Waals surface area (Å²) in [7, 11) is -3.67. The predicted octanol–water partition coefficient (Wildman–Crippen LogP) is 3.32. The van der Waals surface area contributed by atoms with Gasteiger partial charge < -0.3 is 10.1 Å². The summed E-state index contributed by atoms with van der Waals surface area (Å²) in [6, 6.07) is 20.7. The lowest BCUT2D eigenvalue weighted by Crippen LogP contribution is -2.40. The van der Waals surface area contributed by atoms with Crippen LogP contribution in [0.3, 0.4) is 0 Å². The number of nitrogens with zero attached hydrogens (tertiary/aromatic N) is 1. The van der Waals surface area contributed by atoms with Crippen LogP contribution in [-0.2, 0) is 21.4 Å². The zero-order valence-electron chi connectivity index (χ0n) is 16.5. The van der Waals surface area contributed by atoms with E-state index in [2.05, 4.69) is 5.32 Å². The zero-order chi connectivity index (χ0) is 20.9. The largest absolute Gasteiger partial charge is 0.492 e. The van der Waals surface area contributed by atoms with Crippen molar-refractivity contribution < 1.29 is 17.9 Å². The van der Waals surface area contributed by atoms with E-state index in [1.807, 2.05) is 49.4 Å². The molecule has 0 unspecified atom stereocenters. The summed E-state index contributed by atoms with van der Waals surface area (Å²) in [6.45, 7) is 2.20. The molecule has 1 amide bonds. The van der Waals surface area contributed by atoms with Gasteiger partial charge in [-0.1, -0.05) is 48.5 Å². The third-order valence-corrected chi connectivity index (χ3v) is 5.55. The Balaban J connectivity index is 1.73. The van der Waals surface area contributed by atoms with Crippen LogP contribution in [-0.4, -0.2) is 33.7 Å². The first-order valence-corrected chi connectivity index (χ1v) is 11.2. The van der Waals surface area contributed by atoms with E-state index in [4.69, 9.17) is 4.74 Å². The normalized spacial score (nSPS) is 11.2. The monoisotopic (exact) mass is 412 g/mol. The average molecular weight is 413 g/mol. The minimum atomic E-state index is -3.67. The molecular weight excluding hydrogens is 388 g/mol. The Morgan fingerprint density at radius 1 is 1.00 bits per heavy atom. The van der Waals surface area contributed by atoms with Crippen LogP contribution in [0.1, 0.15) is 12.5 Å². The molecule has 3 aromatic rings. The fourth-order valence-electron chi connectivity index (χ4n) is 3.06. The number of para-hydroxylation sites is 2. The van der Waals surface area contributed by atoms with Gasteiger partial charge in [-0.05, 0) is 41.5 Å². The number of nitrogens with one attached hydrogen (secondary N) is 1. The van der Waals surface area contributed by atoms with Crippen molar-refractivity contribution in [3.63, 3.8) is 0 Å². The molecule has 0 radical (unpaired) electrons. The van der Waals surface area contributed by atoms with Crippen molar-refractivity contribution in [1.82, 2.24) is 5.32 Å². The Bertz CT molecular complexity index is 1110. The molecule has 0 spiro atoms. The minimum absolute atomic E-state index is 0.314. The number of hydrogen-bond acceptors (Lipinski definition) is 4. The number of carbonyl (C=O) groups excluding carboxylic acids is 1. The average Bonchev–Trinajstić information content (AvgIpc) is 2.70. The Morgan fingerprint density at radius 2 is 1.69 bits per heavy atom. The Hall–Kier alpha value is -3.06. The number of rotatable bonds is 8. The molecular formula is C22H24N2O4S. The molecule has 0 saturated carbocycles. The number of hydrogen-bond donors (Lipinski definition) is 1. The summed E-state index contributed by atoms with van der Waals surface area (Å²) in [4.78, 5) is 12.5. The highest BCUT2D eigenvalue weighted by Gasteiger charge is 2.23. The van der Waals surface area contributed by atoms with Crippen LogP contribution in [0.15, 0.2) is 66.7 Å². The molecule has 0 aliphatic rings. The molecule has 7 heteroatoms. The van der Waals surface area contributed by atoms with E-state index in [0.29, 0.717) is 24.6 Å². The van der Waals surface area contributed by atoms with Gasteiger partial charge in [0, 0.05) is 6.54 Å². The van der Waals surface area contributed by atoms with Gasteiger partial charge in [-0.3, -0.25) is 9.10 Å². The Kier molecular flexibility index (Phi) is 6.39. The second kappa shape index (κ2) is 8.96. The van der Waals surface area contributed by atoms with Crippen molar-refractivity contribution >= 4 is 32.4 Å². The van der Waals surface area contributed by atoms with E-state index < -0.39 is 15.9 Å². The molecule has 0 aliphatic carbocycles. The number of amides is 1. The topological polar surface area (TPSA) is 75.7 Å². The molecule has 3 aromatic carbocycles. The van der Waals surface area contributed by atoms with Crippen LogP contribution in [0.2, 0.25) is 0 Å². The highest BCUT2D eigenvalue weighted by Crippen LogP contribution is 2.29. The maximum Gasteiger partial charge on any atom is 0.241 e. The number of fused-ring (bicyclic) bond motifs is 1. The number of benzene rings is 3. The minimum Gasteiger partial charge on any atom is -0.492 e. The van der Waals surface area contributed by atoms with Gasteiger partial charge in [0.2, 0.25) is 15.9 Å². The molecule has 0 bridgehead atoms. The van der Waals surface area contributed by atoms with Crippen molar-refractivity contribution in [3.8, 4) is 5.75 Å². The Labute approximate surface area is 171 Å². The molecule has 1 N–H and O–H groups in total. The van der Waals surface area contributed by atoms with Crippen LogP contribution in [0.25, 0.3) is 10.8 Å². The lowest BCUT2D eigenvalue weighted by Gasteiger charge is -2.24. The highest BCUT2D eigenvalue weighted by molar-refractivity contribution is 7.92. The molecule has 29 heavy (non-hydrogen) atoms. The summed E-state index contributed by atoms with van der Waals surface area (Å²) < 4.78 is 31.3. The van der Waals surface area contributed by atoms with Gasteiger partial charge in [0.05, 0.1) is 18.6 Å². The van der Waals surface area contributed by atoms with Crippen LogP contribution in [0, 0.1) is 0 Å². The number of ether oxygens (including phenoxy) is 1. The second-order valence-corrected chi connectivity index (χ2v) is 8.54. The summed E-state index contributed by atoms with van der Waals surface area (Å²) in [5.41, 5.74) is 1.29. The first kappa shape index (κ1) is 20.7. The van der Waals surface area contributed by atoms with Crippen molar-refractivity contribution in [2.45, 2.75) is 13.5 Å². The van der Waals surface area contributed by atoms with Gasteiger partial charge in [0.1, 0.15) is 12.3 Å². The van der Waals surface area contributed by atoms with Gasteiger partial charge >= 0.3 is 0 Å². The molecule has 0 atom stereocenters. The maximum absolute atomic E-state index is 12.5. The zero-order valence-corrected chi connectivity index (χ0v) is 17.3. The first-order chi connectivity index (χ1) is 13.9. The molecule has 6 nitrogen and oxygen atoms in total. The molecule has 0 aliphatic heterocycles. The van der Waals surface area contributed by atoms with Crippen LogP contribution >= 0.6 is 0 Å².